The van der Waals surface area contributed by atoms with Crippen molar-refractivity contribution in [3.8, 4) is 5.75 Å². The molecule has 2 N–H and O–H groups in total. The van der Waals surface area contributed by atoms with E-state index in [-0.39, 0.29) is 17.0 Å². The van der Waals surface area contributed by atoms with Crippen molar-refractivity contribution in [2.24, 2.45) is 5.92 Å². The Morgan fingerprint density at radius 3 is 2.58 bits per heavy atom. The first-order chi connectivity index (χ1) is 14.9. The number of piperidine rings is 1. The van der Waals surface area contributed by atoms with Crippen LogP contribution in [-0.2, 0) is 0 Å². The molecule has 1 aromatic heterocycles. The normalized spacial score (nSPS) is 23.9. The highest BCUT2D eigenvalue weighted by Gasteiger charge is 2.35. The largest absolute Gasteiger partial charge is 0.492 e. The van der Waals surface area contributed by atoms with E-state index >= 15 is 4.39 Å². The zero-order valence-electron chi connectivity index (χ0n) is 17.9. The highest BCUT2D eigenvalue weighted by atomic mass is 19.1. The zero-order valence-corrected chi connectivity index (χ0v) is 17.9. The van der Waals surface area contributed by atoms with Gasteiger partial charge in [0.05, 0.1) is 18.0 Å². The molecule has 31 heavy (non-hydrogen) atoms. The summed E-state index contributed by atoms with van der Waals surface area (Å²) in [4.78, 5) is 26.5. The van der Waals surface area contributed by atoms with E-state index in [0.717, 1.165) is 19.3 Å². The van der Waals surface area contributed by atoms with Gasteiger partial charge >= 0.3 is 5.97 Å². The van der Waals surface area contributed by atoms with E-state index in [9.17, 15) is 14.7 Å². The maximum absolute atomic E-state index is 15.4. The van der Waals surface area contributed by atoms with Crippen LogP contribution in [0.4, 0.5) is 10.1 Å². The second kappa shape index (κ2) is 7.51. The molecule has 7 nitrogen and oxygen atoms in total. The number of hydrogen-bond donors (Lipinski definition) is 2. The summed E-state index contributed by atoms with van der Waals surface area (Å²) in [6.45, 7) is 3.55. The number of methoxy groups -OCH3 is 1. The number of carboxylic acid groups (broad SMARTS) is 1. The number of fused-ring (bicyclic) bond motifs is 1. The highest BCUT2D eigenvalue weighted by molar-refractivity contribution is 5.97. The van der Waals surface area contributed by atoms with Crippen LogP contribution < -0.4 is 20.4 Å². The summed E-state index contributed by atoms with van der Waals surface area (Å²) in [5.41, 5.74) is -0.163. The molecule has 5 rings (SSSR count). The molecule has 0 spiro atoms. The highest BCUT2D eigenvalue weighted by Crippen LogP contribution is 2.44. The predicted molar refractivity (Wildman–Crippen MR) is 116 cm³/mol. The number of nitrogens with zero attached hydrogens (tertiary/aromatic N) is 2. The Kier molecular flexibility index (Phi) is 4.92. The Hall–Kier alpha value is -2.61. The van der Waals surface area contributed by atoms with Crippen LogP contribution in [0.2, 0.25) is 0 Å². The van der Waals surface area contributed by atoms with Gasteiger partial charge in [-0.2, -0.15) is 0 Å². The first kappa shape index (κ1) is 20.3. The maximum Gasteiger partial charge on any atom is 0.341 e. The molecule has 2 aliphatic carbocycles. The van der Waals surface area contributed by atoms with Gasteiger partial charge in [0.2, 0.25) is 5.43 Å². The average molecular weight is 429 g/mol. The number of benzene rings is 1. The van der Waals surface area contributed by atoms with Crippen molar-refractivity contribution in [1.29, 1.82) is 0 Å². The molecule has 166 valence electrons. The molecule has 2 heterocycles. The Bertz CT molecular complexity index is 1110. The fourth-order valence-corrected chi connectivity index (χ4v) is 4.87. The number of aromatic nitrogens is 1. The fourth-order valence-electron chi connectivity index (χ4n) is 4.87. The van der Waals surface area contributed by atoms with Crippen molar-refractivity contribution in [3.63, 3.8) is 0 Å². The van der Waals surface area contributed by atoms with Crippen LogP contribution in [0.3, 0.4) is 0 Å². The van der Waals surface area contributed by atoms with E-state index in [0.29, 0.717) is 48.0 Å². The van der Waals surface area contributed by atoms with Crippen LogP contribution in [0.1, 0.15) is 55.4 Å². The summed E-state index contributed by atoms with van der Waals surface area (Å²) in [6, 6.07) is 2.34. The van der Waals surface area contributed by atoms with Gasteiger partial charge in [0.15, 0.2) is 11.6 Å². The first-order valence-corrected chi connectivity index (χ1v) is 11.1. The molecule has 2 aromatic rings. The third-order valence-corrected chi connectivity index (χ3v) is 6.82. The lowest BCUT2D eigenvalue weighted by Crippen LogP contribution is -2.49. The van der Waals surface area contributed by atoms with Crippen LogP contribution in [-0.4, -0.2) is 47.9 Å². The van der Waals surface area contributed by atoms with E-state index in [1.807, 2.05) is 4.90 Å². The topological polar surface area (TPSA) is 83.8 Å². The summed E-state index contributed by atoms with van der Waals surface area (Å²) < 4.78 is 22.9. The molecule has 2 atom stereocenters. The number of nitrogens with one attached hydrogen (secondary N) is 1. The van der Waals surface area contributed by atoms with E-state index < -0.39 is 17.2 Å². The third kappa shape index (κ3) is 3.56. The minimum atomic E-state index is -1.30. The molecule has 8 heteroatoms. The van der Waals surface area contributed by atoms with Gasteiger partial charge < -0.3 is 24.6 Å². The molecule has 0 radical (unpaired) electrons. The van der Waals surface area contributed by atoms with Crippen molar-refractivity contribution in [3.05, 3.63) is 33.9 Å². The van der Waals surface area contributed by atoms with Crippen molar-refractivity contribution < 1.29 is 19.0 Å². The van der Waals surface area contributed by atoms with E-state index in [2.05, 4.69) is 12.2 Å². The Labute approximate surface area is 179 Å². The number of carboxylic acids is 1. The summed E-state index contributed by atoms with van der Waals surface area (Å²) in [5.74, 6) is -1.19. The second-order valence-corrected chi connectivity index (χ2v) is 9.21. The molecule has 1 saturated heterocycles. The average Bonchev–Trinajstić information content (AvgIpc) is 3.63. The van der Waals surface area contributed by atoms with Crippen LogP contribution >= 0.6 is 0 Å². The minimum absolute atomic E-state index is 0.0586. The standard InChI is InChI=1S/C23H28FN3O4/c1-12-10-26(8-7-18(12)25-13-3-4-13)20-17(24)9-15-19(22(20)31-2)27(14-5-6-14)11-16(21(15)28)23(29)30/h9,11-14,18,25H,3-8,10H2,1-2H3,(H,29,30). The smallest absolute Gasteiger partial charge is 0.341 e. The monoisotopic (exact) mass is 429 g/mol. The van der Waals surface area contributed by atoms with Gasteiger partial charge in [-0.15, -0.1) is 0 Å². The number of rotatable bonds is 6. The molecule has 1 aliphatic heterocycles. The Balaban J connectivity index is 1.61. The zero-order chi connectivity index (χ0) is 21.9. The molecule has 0 amide bonds. The van der Waals surface area contributed by atoms with Crippen LogP contribution in [0.25, 0.3) is 10.9 Å². The molecule has 3 fully saturated rings. The van der Waals surface area contributed by atoms with Gasteiger partial charge in [-0.05, 0) is 44.1 Å². The summed E-state index contributed by atoms with van der Waals surface area (Å²) in [6.07, 6.45) is 6.55. The van der Waals surface area contributed by atoms with Gasteiger partial charge in [0, 0.05) is 37.4 Å². The maximum atomic E-state index is 15.4. The van der Waals surface area contributed by atoms with E-state index in [4.69, 9.17) is 4.74 Å². The Morgan fingerprint density at radius 2 is 2.00 bits per heavy atom. The minimum Gasteiger partial charge on any atom is -0.492 e. The molecule has 3 aliphatic rings. The van der Waals surface area contributed by atoms with E-state index in [1.165, 1.54) is 32.2 Å². The Morgan fingerprint density at radius 1 is 1.26 bits per heavy atom. The number of hydrogen-bond acceptors (Lipinski definition) is 5. The van der Waals surface area contributed by atoms with Crippen molar-refractivity contribution in [2.75, 3.05) is 25.1 Å². The summed E-state index contributed by atoms with van der Waals surface area (Å²) in [7, 11) is 1.48. The van der Waals surface area contributed by atoms with Gasteiger partial charge in [-0.3, -0.25) is 4.79 Å². The van der Waals surface area contributed by atoms with Gasteiger partial charge in [-0.25, -0.2) is 9.18 Å². The third-order valence-electron chi connectivity index (χ3n) is 6.82. The number of ether oxygens (including phenoxy) is 1. The number of carbonyl (C=O) groups is 1. The number of pyridine rings is 1. The molecule has 0 bridgehead atoms. The molecule has 1 aromatic carbocycles. The molecular weight excluding hydrogens is 401 g/mol. The van der Waals surface area contributed by atoms with E-state index in [1.54, 1.807) is 4.57 Å². The van der Waals surface area contributed by atoms with Gasteiger partial charge in [0.1, 0.15) is 11.3 Å². The first-order valence-electron chi connectivity index (χ1n) is 11.1. The number of anilines is 1. The van der Waals surface area contributed by atoms with Crippen molar-refractivity contribution in [2.45, 2.75) is 57.2 Å². The number of aromatic carboxylic acids is 1. The summed E-state index contributed by atoms with van der Waals surface area (Å²) in [5, 5.41) is 13.2. The molecule has 2 saturated carbocycles. The van der Waals surface area contributed by atoms with Crippen LogP contribution in [0.5, 0.6) is 5.75 Å². The van der Waals surface area contributed by atoms with Crippen LogP contribution in [0.15, 0.2) is 17.1 Å². The molecular formula is C23H28FN3O4. The van der Waals surface area contributed by atoms with Gasteiger partial charge in [0.25, 0.3) is 0 Å². The summed E-state index contributed by atoms with van der Waals surface area (Å²) >= 11 is 0. The SMILES string of the molecule is COc1c(N2CCC(NC3CC3)C(C)C2)c(F)cc2c(=O)c(C(=O)O)cn(C3CC3)c12. The van der Waals surface area contributed by atoms with Gasteiger partial charge in [-0.1, -0.05) is 6.92 Å². The van der Waals surface area contributed by atoms with Crippen molar-refractivity contribution in [1.82, 2.24) is 9.88 Å². The van der Waals surface area contributed by atoms with Crippen LogP contribution in [0, 0.1) is 11.7 Å². The second-order valence-electron chi connectivity index (χ2n) is 9.21. The fraction of sp³-hybridized carbons (Fsp3) is 0.565. The lowest BCUT2D eigenvalue weighted by atomic mass is 9.93. The molecule has 2 unspecified atom stereocenters. The number of halogens is 1. The quantitative estimate of drug-likeness (QED) is 0.734. The lowest BCUT2D eigenvalue weighted by molar-refractivity contribution is 0.0695. The predicted octanol–water partition coefficient (Wildman–Crippen LogP) is 3.15. The lowest BCUT2D eigenvalue weighted by Gasteiger charge is -2.39. The van der Waals surface area contributed by atoms with Crippen molar-refractivity contribution >= 4 is 22.6 Å².